The molecule has 6 nitrogen and oxygen atoms in total. The van der Waals surface area contributed by atoms with Gasteiger partial charge in [0.2, 0.25) is 0 Å². The van der Waals surface area contributed by atoms with E-state index in [4.69, 9.17) is 13.9 Å². The van der Waals surface area contributed by atoms with Crippen molar-refractivity contribution >= 4 is 0 Å². The molecular weight excluding hydrogens is 214 g/mol. The van der Waals surface area contributed by atoms with Gasteiger partial charge in [-0.05, 0) is 0 Å². The Balaban J connectivity index is 3.49. The van der Waals surface area contributed by atoms with Crippen molar-refractivity contribution in [1.82, 2.24) is 4.90 Å². The van der Waals surface area contributed by atoms with E-state index in [2.05, 4.69) is 3.32 Å². The Hall–Kier alpha value is 0.314. The van der Waals surface area contributed by atoms with Crippen molar-refractivity contribution in [2.24, 2.45) is 0 Å². The molecule has 0 aromatic rings. The molecule has 0 aliphatic carbocycles. The molecule has 7 heteroatoms. The second-order valence-corrected chi connectivity index (χ2v) is 3.68. The number of nitrogens with zero attached hydrogens (tertiary/aromatic N) is 1. The van der Waals surface area contributed by atoms with Gasteiger partial charge < -0.3 is 0 Å². The van der Waals surface area contributed by atoms with E-state index in [1.807, 2.05) is 0 Å². The van der Waals surface area contributed by atoms with Gasteiger partial charge >= 0.3 is 83.5 Å². The predicted octanol–water partition coefficient (Wildman–Crippen LogP) is -1.92. The molecule has 0 bridgehead atoms. The summed E-state index contributed by atoms with van der Waals surface area (Å²) in [6.45, 7) is 1.47. The summed E-state index contributed by atoms with van der Waals surface area (Å²) in [5.41, 5.74) is 0. The molecule has 0 aliphatic rings. The average molecular weight is 229 g/mol. The molecule has 0 aliphatic heterocycles. The molecule has 0 saturated heterocycles. The normalized spacial score (nSPS) is 10.8. The zero-order chi connectivity index (χ0) is 10.1. The van der Waals surface area contributed by atoms with Gasteiger partial charge in [0.1, 0.15) is 0 Å². The van der Waals surface area contributed by atoms with Crippen LogP contribution in [0, 0.1) is 0 Å². The van der Waals surface area contributed by atoms with Crippen LogP contribution in [-0.2, 0) is 25.3 Å². The Morgan fingerprint density at radius 3 is 2.08 bits per heavy atom. The Morgan fingerprint density at radius 2 is 1.69 bits per heavy atom. The first-order chi connectivity index (χ1) is 6.20. The van der Waals surface area contributed by atoms with Crippen molar-refractivity contribution in [1.29, 1.82) is 0 Å². The van der Waals surface area contributed by atoms with Crippen molar-refractivity contribution in [3.63, 3.8) is 0 Å². The number of aliphatic hydroxyl groups is 2. The fourth-order valence-corrected chi connectivity index (χ4v) is 1.30. The minimum absolute atomic E-state index is 0.000354. The third-order valence-corrected chi connectivity index (χ3v) is 2.17. The Morgan fingerprint density at radius 1 is 1.15 bits per heavy atom. The summed E-state index contributed by atoms with van der Waals surface area (Å²) in [5.74, 6) is 0. The molecule has 78 valence electrons. The van der Waals surface area contributed by atoms with Crippen LogP contribution in [0.3, 0.4) is 0 Å². The summed E-state index contributed by atoms with van der Waals surface area (Å²) in [6.07, 6.45) is 0. The summed E-state index contributed by atoms with van der Waals surface area (Å²) in [6, 6.07) is 0. The maximum absolute atomic E-state index is 10.2. The summed E-state index contributed by atoms with van der Waals surface area (Å²) in [7, 11) is 0. The van der Waals surface area contributed by atoms with Gasteiger partial charge in [0.05, 0.1) is 0 Å². The molecule has 0 rings (SSSR count). The van der Waals surface area contributed by atoms with E-state index in [1.165, 1.54) is 0 Å². The fourth-order valence-electron chi connectivity index (χ4n) is 0.880. The molecular formula is C6H15NO5Ti. The fraction of sp³-hybridized carbons (Fsp3) is 1.00. The van der Waals surface area contributed by atoms with E-state index < -0.39 is 18.6 Å². The second-order valence-electron chi connectivity index (χ2n) is 2.40. The van der Waals surface area contributed by atoms with Crippen LogP contribution in [0.2, 0.25) is 0 Å². The topological polar surface area (TPSA) is 90.2 Å². The van der Waals surface area contributed by atoms with E-state index in [-0.39, 0.29) is 19.8 Å². The summed E-state index contributed by atoms with van der Waals surface area (Å²) >= 11 is -3.40. The molecule has 0 unspecified atom stereocenters. The van der Waals surface area contributed by atoms with Gasteiger partial charge in [-0.15, -0.1) is 0 Å². The van der Waals surface area contributed by atoms with Crippen LogP contribution in [0.15, 0.2) is 0 Å². The van der Waals surface area contributed by atoms with E-state index in [0.29, 0.717) is 19.6 Å². The van der Waals surface area contributed by atoms with E-state index in [0.717, 1.165) is 0 Å². The molecule has 0 saturated carbocycles. The third-order valence-electron chi connectivity index (χ3n) is 1.47. The Labute approximate surface area is 83.8 Å². The van der Waals surface area contributed by atoms with E-state index >= 15 is 0 Å². The summed E-state index contributed by atoms with van der Waals surface area (Å²) in [5, 5.41) is 17.2. The summed E-state index contributed by atoms with van der Waals surface area (Å²) in [4.78, 5) is 1.75. The van der Waals surface area contributed by atoms with Crippen molar-refractivity contribution < 1.29 is 39.2 Å². The second kappa shape index (κ2) is 8.89. The first kappa shape index (κ1) is 13.3. The van der Waals surface area contributed by atoms with Crippen LogP contribution < -0.4 is 0 Å². The molecule has 0 aromatic heterocycles. The van der Waals surface area contributed by atoms with E-state index in [9.17, 15) is 3.32 Å². The SMILES string of the molecule is [O]=[Ti]([OH])[O]CCN(CCO)CCO. The number of hydrogen-bond acceptors (Lipinski definition) is 5. The molecule has 0 heterocycles. The Kier molecular flexibility index (Phi) is 9.11. The van der Waals surface area contributed by atoms with Crippen molar-refractivity contribution in [2.45, 2.75) is 0 Å². The van der Waals surface area contributed by atoms with Gasteiger partial charge in [-0.3, -0.25) is 0 Å². The van der Waals surface area contributed by atoms with Gasteiger partial charge in [0.25, 0.3) is 0 Å². The van der Waals surface area contributed by atoms with Crippen LogP contribution >= 0.6 is 0 Å². The van der Waals surface area contributed by atoms with Crippen LogP contribution in [0.25, 0.3) is 0 Å². The third kappa shape index (κ3) is 8.64. The standard InChI is InChI=1S/C6H14NO3.H2O.O.Ti/c8-4-1-7(2-5-9)3-6-10;;;/h8-9H,1-6H2;1H2;;/q-1;;;+2/p-1. The zero-order valence-electron chi connectivity index (χ0n) is 7.35. The van der Waals surface area contributed by atoms with Crippen LogP contribution in [0.4, 0.5) is 0 Å². The zero-order valence-corrected chi connectivity index (χ0v) is 8.91. The molecule has 0 amide bonds. The van der Waals surface area contributed by atoms with E-state index in [1.54, 1.807) is 4.90 Å². The van der Waals surface area contributed by atoms with Crippen molar-refractivity contribution in [3.8, 4) is 0 Å². The average Bonchev–Trinajstić information content (AvgIpc) is 2.04. The predicted molar refractivity (Wildman–Crippen MR) is 39.5 cm³/mol. The van der Waals surface area contributed by atoms with Gasteiger partial charge in [-0.1, -0.05) is 0 Å². The maximum atomic E-state index is 10.2. The number of rotatable bonds is 8. The first-order valence-electron chi connectivity index (χ1n) is 4.00. The molecule has 0 atom stereocenters. The van der Waals surface area contributed by atoms with Gasteiger partial charge in [0, 0.05) is 0 Å². The van der Waals surface area contributed by atoms with Crippen LogP contribution in [0.5, 0.6) is 0 Å². The molecule has 0 spiro atoms. The minimum atomic E-state index is -3.40. The van der Waals surface area contributed by atoms with Crippen molar-refractivity contribution in [3.05, 3.63) is 0 Å². The summed E-state index contributed by atoms with van der Waals surface area (Å²) < 4.78 is 23.1. The molecule has 0 aromatic carbocycles. The number of aliphatic hydroxyl groups excluding tert-OH is 2. The monoisotopic (exact) mass is 229 g/mol. The molecule has 3 N–H and O–H groups in total. The van der Waals surface area contributed by atoms with Gasteiger partial charge in [-0.2, -0.15) is 0 Å². The van der Waals surface area contributed by atoms with Crippen LogP contribution in [-0.4, -0.2) is 58.3 Å². The van der Waals surface area contributed by atoms with Gasteiger partial charge in [0.15, 0.2) is 0 Å². The number of hydrogen-bond donors (Lipinski definition) is 3. The Bertz CT molecular complexity index is 139. The molecule has 13 heavy (non-hydrogen) atoms. The van der Waals surface area contributed by atoms with Crippen molar-refractivity contribution in [2.75, 3.05) is 39.5 Å². The molecule has 0 radical (unpaired) electrons. The van der Waals surface area contributed by atoms with Gasteiger partial charge in [-0.25, -0.2) is 0 Å². The molecule has 0 fully saturated rings. The first-order valence-corrected chi connectivity index (χ1v) is 5.98. The van der Waals surface area contributed by atoms with Crippen LogP contribution in [0.1, 0.15) is 0 Å². The quantitative estimate of drug-likeness (QED) is 0.420.